The van der Waals surface area contributed by atoms with Gasteiger partial charge in [-0.3, -0.25) is 14.3 Å². The summed E-state index contributed by atoms with van der Waals surface area (Å²) >= 11 is 0. The fourth-order valence-electron chi connectivity index (χ4n) is 5.62. The Morgan fingerprint density at radius 1 is 1.02 bits per heavy atom. The van der Waals surface area contributed by atoms with Crippen LogP contribution < -0.4 is 16.6 Å². The summed E-state index contributed by atoms with van der Waals surface area (Å²) in [6.07, 6.45) is 4.42. The molecule has 1 atom stereocenters. The van der Waals surface area contributed by atoms with Gasteiger partial charge in [0.25, 0.3) is 11.5 Å². The number of carbonyl (C=O) groups is 1. The van der Waals surface area contributed by atoms with Crippen molar-refractivity contribution < 1.29 is 14.3 Å². The first kappa shape index (κ1) is 24.3. The number of ether oxygens (including phenoxy) is 2. The lowest BCUT2D eigenvalue weighted by Crippen LogP contribution is -2.26. The van der Waals surface area contributed by atoms with Gasteiger partial charge in [-0.05, 0) is 36.2 Å². The summed E-state index contributed by atoms with van der Waals surface area (Å²) in [6, 6.07) is 16.9. The number of amides is 1. The molecule has 5 aromatic rings. The number of fused-ring (bicyclic) bond motifs is 2. The SMILES string of the molecule is Nc1ncnc2c1c(-c1ccc(NC(=O)c3c4n(n(-c5ccccc5)c3=O)CCOC4)cc1)cn2C1CCOC1. The number of nitrogens with one attached hydrogen (secondary N) is 1. The Kier molecular flexibility index (Phi) is 5.94. The van der Waals surface area contributed by atoms with Gasteiger partial charge in [0.1, 0.15) is 23.4 Å². The van der Waals surface area contributed by atoms with Crippen molar-refractivity contribution in [2.24, 2.45) is 0 Å². The normalized spacial score (nSPS) is 16.8. The molecule has 2 aliphatic rings. The van der Waals surface area contributed by atoms with Crippen molar-refractivity contribution in [1.82, 2.24) is 23.9 Å². The summed E-state index contributed by atoms with van der Waals surface area (Å²) in [7, 11) is 0. The van der Waals surface area contributed by atoms with E-state index in [1.807, 2.05) is 65.5 Å². The van der Waals surface area contributed by atoms with Gasteiger partial charge in [0.15, 0.2) is 0 Å². The molecule has 3 aromatic heterocycles. The Labute approximate surface area is 228 Å². The van der Waals surface area contributed by atoms with Gasteiger partial charge in [-0.1, -0.05) is 30.3 Å². The molecule has 40 heavy (non-hydrogen) atoms. The van der Waals surface area contributed by atoms with E-state index in [1.54, 1.807) is 4.68 Å². The predicted molar refractivity (Wildman–Crippen MR) is 149 cm³/mol. The molecule has 7 rings (SSSR count). The standard InChI is InChI=1S/C29H27N7O4/c30-26-24-22(14-34(21-10-12-39-15-21)27(24)32-17-31-26)18-6-8-19(9-7-18)33-28(37)25-23-16-40-13-11-35(23)36(29(25)38)20-4-2-1-3-5-20/h1-9,14,17,21H,10-13,15-16H2,(H,33,37)(H2,30,31,32). The average molecular weight is 538 g/mol. The highest BCUT2D eigenvalue weighted by molar-refractivity contribution is 6.05. The van der Waals surface area contributed by atoms with Crippen LogP contribution in [0.4, 0.5) is 11.5 Å². The number of hydrogen-bond acceptors (Lipinski definition) is 7. The van der Waals surface area contributed by atoms with Gasteiger partial charge in [0, 0.05) is 24.1 Å². The molecule has 0 spiro atoms. The van der Waals surface area contributed by atoms with Crippen LogP contribution in [0.25, 0.3) is 27.8 Å². The maximum absolute atomic E-state index is 13.5. The summed E-state index contributed by atoms with van der Waals surface area (Å²) in [5.41, 5.74) is 10.4. The van der Waals surface area contributed by atoms with Crippen LogP contribution in [0.15, 0.2) is 71.9 Å². The van der Waals surface area contributed by atoms with Crippen molar-refractivity contribution in [3.63, 3.8) is 0 Å². The van der Waals surface area contributed by atoms with Crippen molar-refractivity contribution in [2.75, 3.05) is 30.9 Å². The molecule has 2 aromatic carbocycles. The van der Waals surface area contributed by atoms with Crippen LogP contribution in [-0.4, -0.2) is 49.6 Å². The molecule has 11 nitrogen and oxygen atoms in total. The highest BCUT2D eigenvalue weighted by Crippen LogP contribution is 2.36. The molecule has 1 unspecified atom stereocenters. The van der Waals surface area contributed by atoms with Gasteiger partial charge >= 0.3 is 0 Å². The van der Waals surface area contributed by atoms with Crippen LogP contribution in [0.1, 0.15) is 28.5 Å². The van der Waals surface area contributed by atoms with E-state index in [9.17, 15) is 9.59 Å². The van der Waals surface area contributed by atoms with Crippen LogP contribution in [0, 0.1) is 0 Å². The number of aromatic nitrogens is 5. The Balaban J connectivity index is 1.21. The second kappa shape index (κ2) is 9.78. The summed E-state index contributed by atoms with van der Waals surface area (Å²) in [5.74, 6) is -0.0670. The number of para-hydroxylation sites is 1. The largest absolute Gasteiger partial charge is 0.383 e. The first-order valence-corrected chi connectivity index (χ1v) is 13.2. The lowest BCUT2D eigenvalue weighted by Gasteiger charge is -2.19. The first-order chi connectivity index (χ1) is 19.6. The lowest BCUT2D eigenvalue weighted by molar-refractivity contribution is 0.0756. The monoisotopic (exact) mass is 537 g/mol. The molecule has 3 N–H and O–H groups in total. The molecule has 5 heterocycles. The Morgan fingerprint density at radius 2 is 1.85 bits per heavy atom. The maximum atomic E-state index is 13.5. The summed E-state index contributed by atoms with van der Waals surface area (Å²) in [4.78, 5) is 35.6. The van der Waals surface area contributed by atoms with Gasteiger partial charge in [0.05, 0.1) is 49.2 Å². The van der Waals surface area contributed by atoms with Crippen LogP contribution in [0.5, 0.6) is 0 Å². The van der Waals surface area contributed by atoms with E-state index in [-0.39, 0.29) is 23.8 Å². The van der Waals surface area contributed by atoms with E-state index >= 15 is 0 Å². The molecule has 0 radical (unpaired) electrons. The Hall–Kier alpha value is -4.74. The number of hydrogen-bond donors (Lipinski definition) is 2. The van der Waals surface area contributed by atoms with E-state index in [1.165, 1.54) is 6.33 Å². The minimum Gasteiger partial charge on any atom is -0.383 e. The number of carbonyl (C=O) groups excluding carboxylic acids is 1. The van der Waals surface area contributed by atoms with Crippen molar-refractivity contribution in [1.29, 1.82) is 0 Å². The zero-order chi connectivity index (χ0) is 27.2. The topological polar surface area (TPSA) is 131 Å². The quantitative estimate of drug-likeness (QED) is 0.351. The number of benzene rings is 2. The smallest absolute Gasteiger partial charge is 0.284 e. The number of nitrogens with two attached hydrogens (primary N) is 1. The van der Waals surface area contributed by atoms with Crippen molar-refractivity contribution in [2.45, 2.75) is 25.6 Å². The minimum atomic E-state index is -0.475. The highest BCUT2D eigenvalue weighted by atomic mass is 16.5. The predicted octanol–water partition coefficient (Wildman–Crippen LogP) is 3.38. The second-order valence-electron chi connectivity index (χ2n) is 9.91. The van der Waals surface area contributed by atoms with Gasteiger partial charge in [-0.2, -0.15) is 0 Å². The zero-order valence-electron chi connectivity index (χ0n) is 21.6. The molecular weight excluding hydrogens is 510 g/mol. The first-order valence-electron chi connectivity index (χ1n) is 13.2. The van der Waals surface area contributed by atoms with Crippen LogP contribution in [-0.2, 0) is 22.6 Å². The van der Waals surface area contributed by atoms with Gasteiger partial charge in [-0.15, -0.1) is 0 Å². The Morgan fingerprint density at radius 3 is 2.62 bits per heavy atom. The molecular formula is C29H27N7O4. The maximum Gasteiger partial charge on any atom is 0.284 e. The number of anilines is 2. The molecule has 2 aliphatic heterocycles. The third kappa shape index (κ3) is 3.98. The summed E-state index contributed by atoms with van der Waals surface area (Å²) < 4.78 is 16.7. The number of rotatable bonds is 5. The van der Waals surface area contributed by atoms with Crippen LogP contribution in [0.3, 0.4) is 0 Å². The number of nitrogen functional groups attached to an aromatic ring is 1. The molecule has 1 fully saturated rings. The van der Waals surface area contributed by atoms with E-state index in [4.69, 9.17) is 15.2 Å². The van der Waals surface area contributed by atoms with E-state index in [2.05, 4.69) is 19.9 Å². The Bertz CT molecular complexity index is 1780. The lowest BCUT2D eigenvalue weighted by atomic mass is 10.1. The number of nitrogens with zero attached hydrogens (tertiary/aromatic N) is 5. The molecule has 11 heteroatoms. The zero-order valence-corrected chi connectivity index (χ0v) is 21.6. The summed E-state index contributed by atoms with van der Waals surface area (Å²) in [5, 5.41) is 3.68. The van der Waals surface area contributed by atoms with Crippen LogP contribution >= 0.6 is 0 Å². The molecule has 1 amide bonds. The molecule has 0 bridgehead atoms. The van der Waals surface area contributed by atoms with Crippen molar-refractivity contribution in [3.8, 4) is 16.8 Å². The summed E-state index contributed by atoms with van der Waals surface area (Å²) in [6.45, 7) is 2.47. The van der Waals surface area contributed by atoms with E-state index < -0.39 is 5.91 Å². The highest BCUT2D eigenvalue weighted by Gasteiger charge is 2.28. The van der Waals surface area contributed by atoms with Gasteiger partial charge in [0.2, 0.25) is 0 Å². The van der Waals surface area contributed by atoms with Crippen LogP contribution in [0.2, 0.25) is 0 Å². The molecule has 1 saturated heterocycles. The van der Waals surface area contributed by atoms with Crippen molar-refractivity contribution >= 4 is 28.4 Å². The molecule has 0 saturated carbocycles. The average Bonchev–Trinajstić information content (AvgIpc) is 3.70. The fraction of sp³-hybridized carbons (Fsp3) is 0.241. The van der Waals surface area contributed by atoms with E-state index in [0.717, 1.165) is 28.6 Å². The third-order valence-corrected chi connectivity index (χ3v) is 7.55. The van der Waals surface area contributed by atoms with Crippen molar-refractivity contribution in [3.05, 3.63) is 88.7 Å². The third-order valence-electron chi connectivity index (χ3n) is 7.55. The van der Waals surface area contributed by atoms with Gasteiger partial charge < -0.3 is 25.1 Å². The molecule has 202 valence electrons. The van der Waals surface area contributed by atoms with Gasteiger partial charge in [-0.25, -0.2) is 14.6 Å². The minimum absolute atomic E-state index is 0.0828. The fourth-order valence-corrected chi connectivity index (χ4v) is 5.62. The van der Waals surface area contributed by atoms with E-state index in [0.29, 0.717) is 49.3 Å². The molecule has 0 aliphatic carbocycles. The second-order valence-corrected chi connectivity index (χ2v) is 9.91.